The summed E-state index contributed by atoms with van der Waals surface area (Å²) >= 11 is 0. The Morgan fingerprint density at radius 3 is 2.62 bits per heavy atom. The van der Waals surface area contributed by atoms with Gasteiger partial charge in [0.1, 0.15) is 0 Å². The van der Waals surface area contributed by atoms with E-state index in [1.165, 1.54) is 0 Å². The minimum Gasteiger partial charge on any atom is -0.339 e. The highest BCUT2D eigenvalue weighted by molar-refractivity contribution is 5.85. The van der Waals surface area contributed by atoms with Gasteiger partial charge in [0.25, 0.3) is 0 Å². The van der Waals surface area contributed by atoms with Crippen molar-refractivity contribution in [2.75, 3.05) is 20.1 Å². The highest BCUT2D eigenvalue weighted by Crippen LogP contribution is 2.12. The molecule has 2 rings (SSSR count). The highest BCUT2D eigenvalue weighted by Gasteiger charge is 2.22. The smallest absolute Gasteiger partial charge is 0.229 e. The number of likely N-dealkylation sites (N-methyl/N-ethyl adjacent to an activating group) is 1. The third-order valence-electron chi connectivity index (χ3n) is 2.75. The van der Waals surface area contributed by atoms with Crippen molar-refractivity contribution in [3.05, 3.63) is 11.7 Å². The number of hydrogen-bond acceptors (Lipinski definition) is 5. The lowest BCUT2D eigenvalue weighted by atomic mass is 10.1. The van der Waals surface area contributed by atoms with Gasteiger partial charge in [-0.3, -0.25) is 4.90 Å². The second-order valence-electron chi connectivity index (χ2n) is 4.43. The standard InChI is InChI=1S/C10H18N4O.ClH/c1-7(2)10-12-9(13-15-10)6-14(3)8-4-11-5-8;/h7-8,11H,4-6H2,1-3H3;1H. The summed E-state index contributed by atoms with van der Waals surface area (Å²) in [7, 11) is 2.09. The number of rotatable bonds is 4. The van der Waals surface area contributed by atoms with E-state index in [1.54, 1.807) is 0 Å². The van der Waals surface area contributed by atoms with Crippen molar-refractivity contribution in [3.63, 3.8) is 0 Å². The Bertz CT molecular complexity index is 324. The number of nitrogens with one attached hydrogen (secondary N) is 1. The van der Waals surface area contributed by atoms with E-state index in [1.807, 2.05) is 0 Å². The van der Waals surface area contributed by atoms with Crippen molar-refractivity contribution in [1.82, 2.24) is 20.4 Å². The number of aromatic nitrogens is 2. The fraction of sp³-hybridized carbons (Fsp3) is 0.800. The molecule has 0 aromatic carbocycles. The summed E-state index contributed by atoms with van der Waals surface area (Å²) in [5.41, 5.74) is 0. The van der Waals surface area contributed by atoms with Crippen LogP contribution in [-0.2, 0) is 6.54 Å². The minimum absolute atomic E-state index is 0. The quantitative estimate of drug-likeness (QED) is 0.860. The topological polar surface area (TPSA) is 54.2 Å². The lowest BCUT2D eigenvalue weighted by Gasteiger charge is -2.34. The molecule has 1 aliphatic heterocycles. The summed E-state index contributed by atoms with van der Waals surface area (Å²) < 4.78 is 5.15. The summed E-state index contributed by atoms with van der Waals surface area (Å²) in [5.74, 6) is 1.82. The van der Waals surface area contributed by atoms with Crippen LogP contribution in [0.25, 0.3) is 0 Å². The van der Waals surface area contributed by atoms with E-state index >= 15 is 0 Å². The van der Waals surface area contributed by atoms with Gasteiger partial charge in [0, 0.05) is 25.0 Å². The van der Waals surface area contributed by atoms with E-state index in [0.717, 1.165) is 31.3 Å². The SMILES string of the molecule is CC(C)c1nc(CN(C)C2CNC2)no1.Cl. The van der Waals surface area contributed by atoms with Crippen LogP contribution in [0.1, 0.15) is 31.5 Å². The summed E-state index contributed by atoms with van der Waals surface area (Å²) in [6.45, 7) is 6.99. The molecule has 0 bridgehead atoms. The monoisotopic (exact) mass is 246 g/mol. The molecule has 0 aliphatic carbocycles. The molecule has 5 nitrogen and oxygen atoms in total. The lowest BCUT2D eigenvalue weighted by Crippen LogP contribution is -2.55. The lowest BCUT2D eigenvalue weighted by molar-refractivity contribution is 0.168. The molecule has 16 heavy (non-hydrogen) atoms. The van der Waals surface area contributed by atoms with E-state index in [0.29, 0.717) is 12.0 Å². The van der Waals surface area contributed by atoms with E-state index < -0.39 is 0 Å². The Labute approximate surface area is 102 Å². The van der Waals surface area contributed by atoms with Gasteiger partial charge in [-0.15, -0.1) is 12.4 Å². The van der Waals surface area contributed by atoms with Crippen LogP contribution in [-0.4, -0.2) is 41.2 Å². The molecule has 1 aromatic rings. The summed E-state index contributed by atoms with van der Waals surface area (Å²) in [6.07, 6.45) is 0. The number of halogens is 1. The van der Waals surface area contributed by atoms with Crippen LogP contribution >= 0.6 is 12.4 Å². The third kappa shape index (κ3) is 2.93. The average Bonchev–Trinajstić information content (AvgIpc) is 2.48. The van der Waals surface area contributed by atoms with Gasteiger partial charge >= 0.3 is 0 Å². The largest absolute Gasteiger partial charge is 0.339 e. The Morgan fingerprint density at radius 1 is 1.50 bits per heavy atom. The zero-order valence-electron chi connectivity index (χ0n) is 9.93. The molecule has 1 N–H and O–H groups in total. The predicted molar refractivity (Wildman–Crippen MR) is 63.8 cm³/mol. The molecule has 1 saturated heterocycles. The molecule has 0 radical (unpaired) electrons. The number of hydrogen-bond donors (Lipinski definition) is 1. The maximum Gasteiger partial charge on any atom is 0.229 e. The van der Waals surface area contributed by atoms with Crippen LogP contribution in [0.3, 0.4) is 0 Å². The van der Waals surface area contributed by atoms with Crippen molar-refractivity contribution < 1.29 is 4.52 Å². The van der Waals surface area contributed by atoms with Gasteiger partial charge in [0.15, 0.2) is 5.82 Å². The maximum atomic E-state index is 5.15. The van der Waals surface area contributed by atoms with Gasteiger partial charge in [-0.25, -0.2) is 0 Å². The molecule has 0 atom stereocenters. The van der Waals surface area contributed by atoms with Crippen LogP contribution in [0.4, 0.5) is 0 Å². The van der Waals surface area contributed by atoms with Crippen molar-refractivity contribution in [2.45, 2.75) is 32.4 Å². The molecule has 2 heterocycles. The third-order valence-corrected chi connectivity index (χ3v) is 2.75. The van der Waals surface area contributed by atoms with Gasteiger partial charge in [-0.2, -0.15) is 4.98 Å². The zero-order chi connectivity index (χ0) is 10.8. The van der Waals surface area contributed by atoms with Crippen molar-refractivity contribution in [3.8, 4) is 0 Å². The molecular formula is C10H19ClN4O. The van der Waals surface area contributed by atoms with Crippen LogP contribution in [0.5, 0.6) is 0 Å². The molecule has 0 amide bonds. The molecule has 6 heteroatoms. The van der Waals surface area contributed by atoms with E-state index in [-0.39, 0.29) is 12.4 Å². The molecule has 0 spiro atoms. The molecule has 92 valence electrons. The zero-order valence-corrected chi connectivity index (χ0v) is 10.8. The Balaban J connectivity index is 0.00000128. The highest BCUT2D eigenvalue weighted by atomic mass is 35.5. The Morgan fingerprint density at radius 2 is 2.19 bits per heavy atom. The first-order chi connectivity index (χ1) is 7.16. The maximum absolute atomic E-state index is 5.15. The molecule has 0 unspecified atom stereocenters. The second-order valence-corrected chi connectivity index (χ2v) is 4.43. The Kier molecular flexibility index (Phi) is 4.70. The van der Waals surface area contributed by atoms with Gasteiger partial charge in [0.2, 0.25) is 5.89 Å². The number of nitrogens with zero attached hydrogens (tertiary/aromatic N) is 3. The summed E-state index contributed by atoms with van der Waals surface area (Å²) in [4.78, 5) is 6.61. The fourth-order valence-electron chi connectivity index (χ4n) is 1.50. The normalized spacial score (nSPS) is 16.3. The fourth-order valence-corrected chi connectivity index (χ4v) is 1.50. The summed E-state index contributed by atoms with van der Waals surface area (Å²) in [6, 6.07) is 0.617. The van der Waals surface area contributed by atoms with Crippen LogP contribution in [0.2, 0.25) is 0 Å². The van der Waals surface area contributed by atoms with Gasteiger partial charge in [-0.1, -0.05) is 19.0 Å². The average molecular weight is 247 g/mol. The first-order valence-electron chi connectivity index (χ1n) is 5.40. The van der Waals surface area contributed by atoms with E-state index in [9.17, 15) is 0 Å². The van der Waals surface area contributed by atoms with Crippen molar-refractivity contribution >= 4 is 12.4 Å². The molecule has 1 aliphatic rings. The minimum atomic E-state index is 0. The van der Waals surface area contributed by atoms with Crippen molar-refractivity contribution in [1.29, 1.82) is 0 Å². The van der Waals surface area contributed by atoms with Crippen molar-refractivity contribution in [2.24, 2.45) is 0 Å². The van der Waals surface area contributed by atoms with Crippen LogP contribution < -0.4 is 5.32 Å². The molecule has 1 fully saturated rings. The second kappa shape index (κ2) is 5.61. The summed E-state index contributed by atoms with van der Waals surface area (Å²) in [5, 5.41) is 7.22. The molecule has 1 aromatic heterocycles. The van der Waals surface area contributed by atoms with E-state index in [2.05, 4.69) is 41.3 Å². The van der Waals surface area contributed by atoms with E-state index in [4.69, 9.17) is 4.52 Å². The predicted octanol–water partition coefficient (Wildman–Crippen LogP) is 1.02. The Hall–Kier alpha value is -0.650. The first-order valence-corrected chi connectivity index (χ1v) is 5.40. The molecular weight excluding hydrogens is 228 g/mol. The first kappa shape index (κ1) is 13.4. The molecule has 0 saturated carbocycles. The van der Waals surface area contributed by atoms with Crippen LogP contribution in [0.15, 0.2) is 4.52 Å². The van der Waals surface area contributed by atoms with Gasteiger partial charge in [-0.05, 0) is 7.05 Å². The van der Waals surface area contributed by atoms with Gasteiger partial charge in [0.05, 0.1) is 6.54 Å². The van der Waals surface area contributed by atoms with Gasteiger partial charge < -0.3 is 9.84 Å². The van der Waals surface area contributed by atoms with Crippen LogP contribution in [0, 0.1) is 0 Å².